The molecule has 122 valence electrons. The van der Waals surface area contributed by atoms with Crippen molar-refractivity contribution in [3.63, 3.8) is 0 Å². The summed E-state index contributed by atoms with van der Waals surface area (Å²) in [6.45, 7) is 0. The number of hydrogen-bond acceptors (Lipinski definition) is 6. The van der Waals surface area contributed by atoms with Crippen molar-refractivity contribution in [2.45, 2.75) is 22.6 Å². The third-order valence-corrected chi connectivity index (χ3v) is 4.46. The van der Waals surface area contributed by atoms with Crippen LogP contribution >= 0.6 is 11.8 Å². The largest absolute Gasteiger partial charge is 0.453 e. The molecule has 0 saturated carbocycles. The van der Waals surface area contributed by atoms with E-state index in [-0.39, 0.29) is 5.16 Å². The molecular formula is C12H11F3N6OS. The fourth-order valence-electron chi connectivity index (χ4n) is 2.23. The van der Waals surface area contributed by atoms with Gasteiger partial charge in [-0.1, -0.05) is 42.1 Å². The Bertz CT molecular complexity index is 719. The molecule has 2 aromatic rings. The Hall–Kier alpha value is -2.27. The molecule has 3 rings (SSSR count). The van der Waals surface area contributed by atoms with Crippen LogP contribution in [0, 0.1) is 0 Å². The predicted molar refractivity (Wildman–Crippen MR) is 75.5 cm³/mol. The van der Waals surface area contributed by atoms with E-state index in [9.17, 15) is 18.0 Å². The van der Waals surface area contributed by atoms with Gasteiger partial charge in [-0.25, -0.2) is 10.5 Å². The van der Waals surface area contributed by atoms with Gasteiger partial charge in [-0.05, 0) is 5.56 Å². The second-order valence-electron chi connectivity index (χ2n) is 4.70. The van der Waals surface area contributed by atoms with Gasteiger partial charge in [0.1, 0.15) is 5.25 Å². The molecule has 1 aliphatic heterocycles. The topological polar surface area (TPSA) is 97.9 Å². The van der Waals surface area contributed by atoms with E-state index in [0.29, 0.717) is 5.56 Å². The Morgan fingerprint density at radius 1 is 1.30 bits per heavy atom. The van der Waals surface area contributed by atoms with Gasteiger partial charge in [-0.3, -0.25) is 10.2 Å². The van der Waals surface area contributed by atoms with Gasteiger partial charge in [0.05, 0.1) is 6.04 Å². The van der Waals surface area contributed by atoms with E-state index in [1.807, 2.05) is 5.43 Å². The Morgan fingerprint density at radius 3 is 2.61 bits per heavy atom. The summed E-state index contributed by atoms with van der Waals surface area (Å²) in [6.07, 6.45) is -4.66. The van der Waals surface area contributed by atoms with Crippen molar-refractivity contribution < 1.29 is 18.0 Å². The molecule has 11 heteroatoms. The summed E-state index contributed by atoms with van der Waals surface area (Å²) in [6, 6.07) is 7.91. The Labute approximate surface area is 132 Å². The minimum Gasteiger partial charge on any atom is -0.313 e. The van der Waals surface area contributed by atoms with Crippen LogP contribution in [0.25, 0.3) is 0 Å². The number of alkyl halides is 3. The maximum Gasteiger partial charge on any atom is 0.453 e. The Balaban J connectivity index is 2.04. The second-order valence-corrected chi connectivity index (χ2v) is 5.81. The molecule has 1 aromatic heterocycles. The van der Waals surface area contributed by atoms with Crippen LogP contribution in [0.5, 0.6) is 0 Å². The number of aromatic nitrogens is 3. The molecule has 0 fully saturated rings. The SMILES string of the molecule is NNC(=O)C1Sc2nnc(C(F)(F)F)n2NC1c1ccccc1. The van der Waals surface area contributed by atoms with Gasteiger partial charge in [0.15, 0.2) is 0 Å². The lowest BCUT2D eigenvalue weighted by Crippen LogP contribution is -2.46. The van der Waals surface area contributed by atoms with Gasteiger partial charge in [0, 0.05) is 0 Å². The predicted octanol–water partition coefficient (Wildman–Crippen LogP) is 1.05. The molecule has 0 spiro atoms. The zero-order valence-electron chi connectivity index (χ0n) is 11.4. The molecule has 0 radical (unpaired) electrons. The minimum absolute atomic E-state index is 0.0573. The molecular weight excluding hydrogens is 333 g/mol. The molecule has 1 aromatic carbocycles. The van der Waals surface area contributed by atoms with Crippen LogP contribution in [0.4, 0.5) is 13.2 Å². The van der Waals surface area contributed by atoms with Crippen molar-refractivity contribution in [1.29, 1.82) is 0 Å². The number of nitrogens with one attached hydrogen (secondary N) is 2. The molecule has 0 aliphatic carbocycles. The molecule has 7 nitrogen and oxygen atoms in total. The van der Waals surface area contributed by atoms with E-state index in [1.54, 1.807) is 30.3 Å². The number of carbonyl (C=O) groups is 1. The maximum atomic E-state index is 13.0. The van der Waals surface area contributed by atoms with Gasteiger partial charge < -0.3 is 5.43 Å². The van der Waals surface area contributed by atoms with E-state index in [2.05, 4.69) is 15.6 Å². The normalized spacial score (nSPS) is 20.5. The van der Waals surface area contributed by atoms with E-state index in [4.69, 9.17) is 5.84 Å². The minimum atomic E-state index is -4.66. The number of nitrogens with zero attached hydrogens (tertiary/aromatic N) is 3. The first-order valence-electron chi connectivity index (χ1n) is 6.43. The Kier molecular flexibility index (Phi) is 3.90. The highest BCUT2D eigenvalue weighted by Gasteiger charge is 2.44. The van der Waals surface area contributed by atoms with Crippen molar-refractivity contribution in [3.8, 4) is 0 Å². The molecule has 0 bridgehead atoms. The van der Waals surface area contributed by atoms with Crippen LogP contribution in [0.15, 0.2) is 35.5 Å². The van der Waals surface area contributed by atoms with Crippen molar-refractivity contribution in [2.24, 2.45) is 5.84 Å². The second kappa shape index (κ2) is 5.74. The van der Waals surface area contributed by atoms with Gasteiger partial charge in [-0.2, -0.15) is 13.2 Å². The molecule has 4 N–H and O–H groups in total. The number of nitrogens with two attached hydrogens (primary N) is 1. The third-order valence-electron chi connectivity index (χ3n) is 3.25. The fraction of sp³-hybridized carbons (Fsp3) is 0.250. The summed E-state index contributed by atoms with van der Waals surface area (Å²) in [5.41, 5.74) is 5.33. The Morgan fingerprint density at radius 2 is 2.00 bits per heavy atom. The van der Waals surface area contributed by atoms with Crippen molar-refractivity contribution in [2.75, 3.05) is 5.43 Å². The number of rotatable bonds is 2. The summed E-state index contributed by atoms with van der Waals surface area (Å²) in [7, 11) is 0. The molecule has 1 amide bonds. The lowest BCUT2D eigenvalue weighted by molar-refractivity contribution is -0.147. The molecule has 2 heterocycles. The van der Waals surface area contributed by atoms with Gasteiger partial charge in [-0.15, -0.1) is 10.2 Å². The number of halogens is 3. The van der Waals surface area contributed by atoms with Crippen LogP contribution in [0.2, 0.25) is 0 Å². The summed E-state index contributed by atoms with van der Waals surface area (Å²) in [5, 5.41) is 5.80. The lowest BCUT2D eigenvalue weighted by atomic mass is 10.0. The van der Waals surface area contributed by atoms with Gasteiger partial charge in [0.2, 0.25) is 11.1 Å². The van der Waals surface area contributed by atoms with E-state index < -0.39 is 29.2 Å². The first-order valence-corrected chi connectivity index (χ1v) is 7.31. The molecule has 1 aliphatic rings. The molecule has 0 saturated heterocycles. The fourth-order valence-corrected chi connectivity index (χ4v) is 3.32. The van der Waals surface area contributed by atoms with Crippen LogP contribution in [-0.4, -0.2) is 26.0 Å². The summed E-state index contributed by atoms with van der Waals surface area (Å²) in [4.78, 5) is 12.0. The number of thioether (sulfide) groups is 1. The summed E-state index contributed by atoms with van der Waals surface area (Å²) < 4.78 is 39.7. The zero-order chi connectivity index (χ0) is 16.6. The van der Waals surface area contributed by atoms with Crippen LogP contribution in [0.1, 0.15) is 17.4 Å². The standard InChI is InChI=1S/C12H11F3N6OS/c13-12(14,15)10-18-19-11-21(10)20-7(6-4-2-1-3-5-6)8(23-11)9(22)17-16/h1-5,7-8,20H,16H2,(H,17,22). The van der Waals surface area contributed by atoms with Crippen molar-refractivity contribution in [3.05, 3.63) is 41.7 Å². The van der Waals surface area contributed by atoms with Crippen LogP contribution < -0.4 is 16.7 Å². The monoisotopic (exact) mass is 344 g/mol. The zero-order valence-corrected chi connectivity index (χ0v) is 12.2. The summed E-state index contributed by atoms with van der Waals surface area (Å²) >= 11 is 0.864. The number of amides is 1. The lowest BCUT2D eigenvalue weighted by Gasteiger charge is -2.32. The quantitative estimate of drug-likeness (QED) is 0.428. The number of hydrogen-bond donors (Lipinski definition) is 3. The van der Waals surface area contributed by atoms with E-state index in [1.165, 1.54) is 0 Å². The number of hydrazine groups is 1. The smallest absolute Gasteiger partial charge is 0.313 e. The van der Waals surface area contributed by atoms with Crippen molar-refractivity contribution in [1.82, 2.24) is 20.3 Å². The highest BCUT2D eigenvalue weighted by Crippen LogP contribution is 2.39. The molecule has 2 unspecified atom stereocenters. The average Bonchev–Trinajstić information content (AvgIpc) is 2.97. The third kappa shape index (κ3) is 2.84. The maximum absolute atomic E-state index is 13.0. The molecule has 2 atom stereocenters. The van der Waals surface area contributed by atoms with Crippen molar-refractivity contribution >= 4 is 17.7 Å². The average molecular weight is 344 g/mol. The number of benzene rings is 1. The van der Waals surface area contributed by atoms with Crippen LogP contribution in [0.3, 0.4) is 0 Å². The first-order chi connectivity index (χ1) is 10.9. The highest BCUT2D eigenvalue weighted by atomic mass is 32.2. The van der Waals surface area contributed by atoms with Crippen LogP contribution in [-0.2, 0) is 11.0 Å². The molecule has 23 heavy (non-hydrogen) atoms. The number of fused-ring (bicyclic) bond motifs is 1. The van der Waals surface area contributed by atoms with Gasteiger partial charge >= 0.3 is 6.18 Å². The highest BCUT2D eigenvalue weighted by molar-refractivity contribution is 8.00. The van der Waals surface area contributed by atoms with E-state index >= 15 is 0 Å². The first kappa shape index (κ1) is 15.6. The van der Waals surface area contributed by atoms with E-state index in [0.717, 1.165) is 16.4 Å². The number of carbonyl (C=O) groups excluding carboxylic acids is 1. The van der Waals surface area contributed by atoms with Gasteiger partial charge in [0.25, 0.3) is 5.82 Å². The summed E-state index contributed by atoms with van der Waals surface area (Å²) in [5.74, 6) is 3.47.